The molecule has 228 valence electrons. The molecule has 1 heterocycles. The summed E-state index contributed by atoms with van der Waals surface area (Å²) in [6.45, 7) is 7.83. The van der Waals surface area contributed by atoms with Crippen molar-refractivity contribution in [3.63, 3.8) is 0 Å². The number of carbonyl (C=O) groups is 2. The Morgan fingerprint density at radius 3 is 2.07 bits per heavy atom. The van der Waals surface area contributed by atoms with Gasteiger partial charge in [-0.25, -0.2) is 9.59 Å². The highest BCUT2D eigenvalue weighted by Crippen LogP contribution is 2.44. The van der Waals surface area contributed by atoms with Gasteiger partial charge in [0, 0.05) is 34.4 Å². The van der Waals surface area contributed by atoms with E-state index in [-0.39, 0.29) is 30.0 Å². The van der Waals surface area contributed by atoms with Gasteiger partial charge in [0.25, 0.3) is 5.69 Å². The molecule has 0 radical (unpaired) electrons. The molecule has 1 aromatic carbocycles. The minimum Gasteiger partial charge on any atom is -0.493 e. The quantitative estimate of drug-likeness (QED) is 0.0541. The highest BCUT2D eigenvalue weighted by Gasteiger charge is 2.40. The summed E-state index contributed by atoms with van der Waals surface area (Å²) in [6.07, 6.45) is 10.3. The number of halogens is 1. The third-order valence-corrected chi connectivity index (χ3v) is 7.50. The average molecular weight is 638 g/mol. The lowest BCUT2D eigenvalue weighted by Crippen LogP contribution is -2.33. The zero-order valence-electron chi connectivity index (χ0n) is 24.9. The smallest absolute Gasteiger partial charge is 0.336 e. The van der Waals surface area contributed by atoms with Crippen molar-refractivity contribution in [1.82, 2.24) is 5.32 Å². The summed E-state index contributed by atoms with van der Waals surface area (Å²) in [5.41, 5.74) is 1.81. The molecule has 2 rings (SSSR count). The number of nitrogens with one attached hydrogen (secondary N) is 1. The van der Waals surface area contributed by atoms with Crippen LogP contribution in [0.25, 0.3) is 0 Å². The van der Waals surface area contributed by atoms with E-state index in [1.165, 1.54) is 44.2 Å². The number of allylic oxidation sites excluding steroid dienone is 2. The summed E-state index contributed by atoms with van der Waals surface area (Å²) in [5.74, 6) is -1.75. The number of nitro benzene ring substituents is 1. The van der Waals surface area contributed by atoms with Crippen molar-refractivity contribution in [2.45, 2.75) is 97.8 Å². The molecular weight excluding hydrogens is 592 g/mol. The van der Waals surface area contributed by atoms with Crippen LogP contribution in [0.5, 0.6) is 5.75 Å². The Bertz CT molecular complexity index is 1100. The molecule has 1 unspecified atom stereocenters. The number of ether oxygens (including phenoxy) is 3. The van der Waals surface area contributed by atoms with Crippen LogP contribution in [-0.2, 0) is 19.1 Å². The number of carbonyl (C=O) groups excluding carboxylic acids is 2. The Hall–Kier alpha value is -2.88. The summed E-state index contributed by atoms with van der Waals surface area (Å²) in [4.78, 5) is 38.0. The first-order chi connectivity index (χ1) is 19.8. The fourth-order valence-corrected chi connectivity index (χ4v) is 5.43. The van der Waals surface area contributed by atoms with Gasteiger partial charge in [-0.1, -0.05) is 67.8 Å². The SMILES string of the molecule is CCCC1=C(C(=O)OCC)C(c2cc([N+](=O)[O-])ccc2OCCCCCCCCCCBr)C(C(=O)OCC)=C(C)N1. The standard InChI is InChI=1S/C31H45BrN2O7/c1-5-16-25-29(31(36)40-7-3)28(27(22(4)33-25)30(35)39-6-2)24-21-23(34(37)38)17-18-26(24)41-20-15-13-11-9-8-10-12-14-19-32/h17-18,21,28,33H,5-16,19-20H2,1-4H3. The molecule has 0 bridgehead atoms. The normalized spacial score (nSPS) is 15.0. The number of hydrogen-bond acceptors (Lipinski definition) is 8. The van der Waals surface area contributed by atoms with E-state index in [4.69, 9.17) is 14.2 Å². The molecule has 0 amide bonds. The molecule has 41 heavy (non-hydrogen) atoms. The first kappa shape index (κ1) is 34.3. The van der Waals surface area contributed by atoms with Crippen molar-refractivity contribution in [3.05, 3.63) is 56.4 Å². The van der Waals surface area contributed by atoms with Crippen LogP contribution in [-0.4, -0.2) is 42.0 Å². The monoisotopic (exact) mass is 636 g/mol. The van der Waals surface area contributed by atoms with Crippen LogP contribution in [0.4, 0.5) is 5.69 Å². The van der Waals surface area contributed by atoms with Gasteiger partial charge < -0.3 is 19.5 Å². The Labute approximate surface area is 252 Å². The zero-order valence-corrected chi connectivity index (χ0v) is 26.5. The van der Waals surface area contributed by atoms with Gasteiger partial charge in [-0.05, 0) is 46.1 Å². The number of rotatable bonds is 19. The van der Waals surface area contributed by atoms with E-state index in [1.54, 1.807) is 26.8 Å². The van der Waals surface area contributed by atoms with Crippen LogP contribution in [0.1, 0.15) is 103 Å². The number of nitrogens with zero attached hydrogens (tertiary/aromatic N) is 1. The number of dihydropyridines is 1. The van der Waals surface area contributed by atoms with Crippen molar-refractivity contribution in [2.75, 3.05) is 25.2 Å². The summed E-state index contributed by atoms with van der Waals surface area (Å²) in [5, 5.41) is 16.1. The number of unbranched alkanes of at least 4 members (excludes halogenated alkanes) is 7. The van der Waals surface area contributed by atoms with Crippen molar-refractivity contribution in [2.24, 2.45) is 0 Å². The first-order valence-corrected chi connectivity index (χ1v) is 15.9. The molecule has 1 aromatic rings. The lowest BCUT2D eigenvalue weighted by atomic mass is 9.79. The Kier molecular flexibility index (Phi) is 15.5. The molecule has 0 saturated heterocycles. The van der Waals surface area contributed by atoms with Crippen LogP contribution < -0.4 is 10.1 Å². The van der Waals surface area contributed by atoms with Crippen LogP contribution in [0.15, 0.2) is 40.7 Å². The van der Waals surface area contributed by atoms with E-state index < -0.39 is 22.8 Å². The van der Waals surface area contributed by atoms with Gasteiger partial charge in [-0.3, -0.25) is 10.1 Å². The molecule has 10 heteroatoms. The topological polar surface area (TPSA) is 117 Å². The molecule has 0 spiro atoms. The molecule has 0 aliphatic carbocycles. The number of benzene rings is 1. The van der Waals surface area contributed by atoms with Gasteiger partial charge in [-0.2, -0.15) is 0 Å². The van der Waals surface area contributed by atoms with Gasteiger partial charge in [-0.15, -0.1) is 0 Å². The van der Waals surface area contributed by atoms with Crippen molar-refractivity contribution >= 4 is 33.6 Å². The second-order valence-corrected chi connectivity index (χ2v) is 10.8. The summed E-state index contributed by atoms with van der Waals surface area (Å²) in [7, 11) is 0. The lowest BCUT2D eigenvalue weighted by Gasteiger charge is -2.32. The third kappa shape index (κ3) is 10.2. The Balaban J connectivity index is 2.44. The van der Waals surface area contributed by atoms with Gasteiger partial charge in [0.05, 0.1) is 41.8 Å². The molecular formula is C31H45BrN2O7. The van der Waals surface area contributed by atoms with Crippen LogP contribution in [0, 0.1) is 10.1 Å². The lowest BCUT2D eigenvalue weighted by molar-refractivity contribution is -0.384. The average Bonchev–Trinajstić information content (AvgIpc) is 2.94. The van der Waals surface area contributed by atoms with E-state index >= 15 is 0 Å². The van der Waals surface area contributed by atoms with E-state index in [1.807, 2.05) is 6.92 Å². The second kappa shape index (κ2) is 18.5. The zero-order chi connectivity index (χ0) is 30.2. The predicted octanol–water partition coefficient (Wildman–Crippen LogP) is 7.63. The van der Waals surface area contributed by atoms with E-state index in [9.17, 15) is 19.7 Å². The molecule has 1 atom stereocenters. The predicted molar refractivity (Wildman–Crippen MR) is 163 cm³/mol. The van der Waals surface area contributed by atoms with Crippen LogP contribution in [0.3, 0.4) is 0 Å². The number of nitro groups is 1. The maximum Gasteiger partial charge on any atom is 0.336 e. The molecule has 0 aromatic heterocycles. The minimum atomic E-state index is -0.953. The summed E-state index contributed by atoms with van der Waals surface area (Å²) in [6, 6.07) is 4.33. The highest BCUT2D eigenvalue weighted by molar-refractivity contribution is 9.09. The number of hydrogen-bond donors (Lipinski definition) is 1. The first-order valence-electron chi connectivity index (χ1n) is 14.8. The molecule has 9 nitrogen and oxygen atoms in total. The molecule has 1 N–H and O–H groups in total. The van der Waals surface area contributed by atoms with E-state index in [0.717, 1.165) is 31.0 Å². The Morgan fingerprint density at radius 2 is 1.51 bits per heavy atom. The molecule has 0 fully saturated rings. The summed E-state index contributed by atoms with van der Waals surface area (Å²) < 4.78 is 17.0. The maximum atomic E-state index is 13.4. The fourth-order valence-electron chi connectivity index (χ4n) is 5.03. The van der Waals surface area contributed by atoms with Gasteiger partial charge >= 0.3 is 11.9 Å². The fraction of sp³-hybridized carbons (Fsp3) is 0.613. The van der Waals surface area contributed by atoms with Gasteiger partial charge in [0.2, 0.25) is 0 Å². The number of esters is 2. The van der Waals surface area contributed by atoms with Crippen LogP contribution in [0.2, 0.25) is 0 Å². The van der Waals surface area contributed by atoms with Crippen molar-refractivity contribution in [3.8, 4) is 5.75 Å². The number of alkyl halides is 1. The molecule has 1 aliphatic rings. The summed E-state index contributed by atoms with van der Waals surface area (Å²) >= 11 is 3.47. The third-order valence-electron chi connectivity index (χ3n) is 6.94. The van der Waals surface area contributed by atoms with Crippen molar-refractivity contribution < 1.29 is 28.7 Å². The number of non-ortho nitro benzene ring substituents is 1. The second-order valence-electron chi connectivity index (χ2n) is 10.0. The van der Waals surface area contributed by atoms with E-state index in [0.29, 0.717) is 35.7 Å². The Morgan fingerprint density at radius 1 is 0.927 bits per heavy atom. The van der Waals surface area contributed by atoms with Gasteiger partial charge in [0.15, 0.2) is 0 Å². The minimum absolute atomic E-state index is 0.136. The highest BCUT2D eigenvalue weighted by atomic mass is 79.9. The van der Waals surface area contributed by atoms with Crippen molar-refractivity contribution in [1.29, 1.82) is 0 Å². The van der Waals surface area contributed by atoms with Gasteiger partial charge in [0.1, 0.15) is 5.75 Å². The molecule has 1 aliphatic heterocycles. The largest absolute Gasteiger partial charge is 0.493 e. The molecule has 0 saturated carbocycles. The van der Waals surface area contributed by atoms with Crippen LogP contribution >= 0.6 is 15.9 Å². The maximum absolute atomic E-state index is 13.4. The van der Waals surface area contributed by atoms with E-state index in [2.05, 4.69) is 21.2 Å².